The minimum absolute atomic E-state index is 0.141. The fourth-order valence-electron chi connectivity index (χ4n) is 2.03. The highest BCUT2D eigenvalue weighted by molar-refractivity contribution is 5.80. The normalized spacial score (nSPS) is 17.6. The molecule has 0 spiro atoms. The maximum atomic E-state index is 11.2. The Morgan fingerprint density at radius 2 is 1.56 bits per heavy atom. The van der Waals surface area contributed by atoms with E-state index in [1.165, 1.54) is 0 Å². The SMILES string of the molecule is CCC(C)C(C(=O)O)C(C(=O)O)C(C)(C)C. The van der Waals surface area contributed by atoms with Crippen LogP contribution in [0.5, 0.6) is 0 Å². The van der Waals surface area contributed by atoms with Gasteiger partial charge in [-0.2, -0.15) is 0 Å². The molecule has 0 aliphatic rings. The van der Waals surface area contributed by atoms with Gasteiger partial charge in [0.2, 0.25) is 0 Å². The number of rotatable bonds is 5. The molecule has 0 rings (SSSR count). The van der Waals surface area contributed by atoms with Crippen molar-refractivity contribution in [3.05, 3.63) is 0 Å². The van der Waals surface area contributed by atoms with Gasteiger partial charge in [0.05, 0.1) is 11.8 Å². The van der Waals surface area contributed by atoms with Crippen LogP contribution < -0.4 is 0 Å². The molecule has 2 N–H and O–H groups in total. The van der Waals surface area contributed by atoms with Gasteiger partial charge in [-0.05, 0) is 11.3 Å². The highest BCUT2D eigenvalue weighted by Crippen LogP contribution is 2.37. The summed E-state index contributed by atoms with van der Waals surface area (Å²) in [4.78, 5) is 22.5. The molecule has 4 nitrogen and oxygen atoms in total. The standard InChI is InChI=1S/C12H22O4/c1-6-7(2)8(10(13)14)9(11(15)16)12(3,4)5/h7-9H,6H2,1-5H3,(H,13,14)(H,15,16). The van der Waals surface area contributed by atoms with Crippen molar-refractivity contribution < 1.29 is 19.8 Å². The zero-order valence-electron chi connectivity index (χ0n) is 10.7. The molecular weight excluding hydrogens is 208 g/mol. The average molecular weight is 230 g/mol. The third-order valence-electron chi connectivity index (χ3n) is 3.10. The second-order valence-electron chi connectivity index (χ2n) is 5.43. The summed E-state index contributed by atoms with van der Waals surface area (Å²) in [5.74, 6) is -3.88. The van der Waals surface area contributed by atoms with E-state index in [4.69, 9.17) is 0 Å². The smallest absolute Gasteiger partial charge is 0.307 e. The first-order valence-electron chi connectivity index (χ1n) is 5.58. The monoisotopic (exact) mass is 230 g/mol. The summed E-state index contributed by atoms with van der Waals surface area (Å²) in [5, 5.41) is 18.4. The first-order chi connectivity index (χ1) is 7.12. The van der Waals surface area contributed by atoms with Crippen molar-refractivity contribution in [3.8, 4) is 0 Å². The van der Waals surface area contributed by atoms with Gasteiger partial charge in [0.1, 0.15) is 0 Å². The molecule has 0 fully saturated rings. The van der Waals surface area contributed by atoms with Gasteiger partial charge in [0.25, 0.3) is 0 Å². The molecule has 0 aromatic carbocycles. The van der Waals surface area contributed by atoms with Crippen molar-refractivity contribution in [3.63, 3.8) is 0 Å². The largest absolute Gasteiger partial charge is 0.481 e. The topological polar surface area (TPSA) is 74.6 Å². The van der Waals surface area contributed by atoms with E-state index < -0.39 is 29.2 Å². The van der Waals surface area contributed by atoms with E-state index in [1.807, 2.05) is 6.92 Å². The molecule has 0 radical (unpaired) electrons. The maximum absolute atomic E-state index is 11.2. The number of hydrogen-bond donors (Lipinski definition) is 2. The van der Waals surface area contributed by atoms with Crippen LogP contribution in [0, 0.1) is 23.2 Å². The molecule has 94 valence electrons. The Balaban J connectivity index is 5.28. The fraction of sp³-hybridized carbons (Fsp3) is 0.833. The van der Waals surface area contributed by atoms with Crippen LogP contribution in [0.4, 0.5) is 0 Å². The Hall–Kier alpha value is -1.06. The lowest BCUT2D eigenvalue weighted by Crippen LogP contribution is -2.41. The minimum atomic E-state index is -1.03. The molecule has 0 aromatic rings. The summed E-state index contributed by atoms with van der Waals surface area (Å²) >= 11 is 0. The summed E-state index contributed by atoms with van der Waals surface area (Å²) in [7, 11) is 0. The lowest BCUT2D eigenvalue weighted by molar-refractivity contribution is -0.161. The van der Waals surface area contributed by atoms with Gasteiger partial charge in [-0.15, -0.1) is 0 Å². The molecule has 0 saturated carbocycles. The van der Waals surface area contributed by atoms with E-state index >= 15 is 0 Å². The Labute approximate surface area is 96.7 Å². The minimum Gasteiger partial charge on any atom is -0.481 e. The van der Waals surface area contributed by atoms with Gasteiger partial charge in [-0.1, -0.05) is 41.0 Å². The summed E-state index contributed by atoms with van der Waals surface area (Å²) in [6.07, 6.45) is 0.664. The van der Waals surface area contributed by atoms with Gasteiger partial charge in [-0.3, -0.25) is 9.59 Å². The average Bonchev–Trinajstić information content (AvgIpc) is 2.09. The highest BCUT2D eigenvalue weighted by Gasteiger charge is 2.43. The van der Waals surface area contributed by atoms with Crippen LogP contribution in [0.3, 0.4) is 0 Å². The molecule has 0 bridgehead atoms. The molecule has 0 aliphatic heterocycles. The third kappa shape index (κ3) is 3.51. The molecule has 0 heterocycles. The van der Waals surface area contributed by atoms with E-state index in [2.05, 4.69) is 0 Å². The summed E-state index contributed by atoms with van der Waals surface area (Å²) in [6, 6.07) is 0. The van der Waals surface area contributed by atoms with Crippen LogP contribution >= 0.6 is 0 Å². The van der Waals surface area contributed by atoms with E-state index in [0.717, 1.165) is 0 Å². The molecule has 3 atom stereocenters. The van der Waals surface area contributed by atoms with Gasteiger partial charge in [-0.25, -0.2) is 0 Å². The van der Waals surface area contributed by atoms with E-state index in [0.29, 0.717) is 6.42 Å². The summed E-state index contributed by atoms with van der Waals surface area (Å²) in [5.41, 5.74) is -0.557. The fourth-order valence-corrected chi connectivity index (χ4v) is 2.03. The number of carboxylic acids is 2. The lowest BCUT2D eigenvalue weighted by Gasteiger charge is -2.34. The van der Waals surface area contributed by atoms with Crippen molar-refractivity contribution in [2.45, 2.75) is 41.0 Å². The van der Waals surface area contributed by atoms with Gasteiger partial charge >= 0.3 is 11.9 Å². The molecule has 16 heavy (non-hydrogen) atoms. The van der Waals surface area contributed by atoms with Crippen molar-refractivity contribution in [2.75, 3.05) is 0 Å². The second-order valence-corrected chi connectivity index (χ2v) is 5.43. The quantitative estimate of drug-likeness (QED) is 0.760. The number of carboxylic acid groups (broad SMARTS) is 2. The van der Waals surface area contributed by atoms with Crippen LogP contribution in [0.2, 0.25) is 0 Å². The van der Waals surface area contributed by atoms with Crippen molar-refractivity contribution >= 4 is 11.9 Å². The second kappa shape index (κ2) is 5.32. The number of aliphatic carboxylic acids is 2. The van der Waals surface area contributed by atoms with Gasteiger partial charge in [0.15, 0.2) is 0 Å². The summed E-state index contributed by atoms with van der Waals surface area (Å²) < 4.78 is 0. The molecule has 0 aromatic heterocycles. The first kappa shape index (κ1) is 14.9. The van der Waals surface area contributed by atoms with E-state index in [1.54, 1.807) is 27.7 Å². The van der Waals surface area contributed by atoms with Crippen LogP contribution in [-0.2, 0) is 9.59 Å². The predicted octanol–water partition coefficient (Wildman–Crippen LogP) is 2.48. The maximum Gasteiger partial charge on any atom is 0.307 e. The molecule has 0 amide bonds. The number of carbonyl (C=O) groups is 2. The Kier molecular flexibility index (Phi) is 4.97. The third-order valence-corrected chi connectivity index (χ3v) is 3.10. The van der Waals surface area contributed by atoms with Crippen molar-refractivity contribution in [1.82, 2.24) is 0 Å². The van der Waals surface area contributed by atoms with Crippen LogP contribution in [-0.4, -0.2) is 22.2 Å². The molecular formula is C12H22O4. The molecule has 3 unspecified atom stereocenters. The van der Waals surface area contributed by atoms with Crippen LogP contribution in [0.15, 0.2) is 0 Å². The van der Waals surface area contributed by atoms with Gasteiger partial charge in [0, 0.05) is 0 Å². The zero-order valence-corrected chi connectivity index (χ0v) is 10.7. The lowest BCUT2D eigenvalue weighted by atomic mass is 9.68. The van der Waals surface area contributed by atoms with Crippen LogP contribution in [0.25, 0.3) is 0 Å². The van der Waals surface area contributed by atoms with Crippen LogP contribution in [0.1, 0.15) is 41.0 Å². The Bertz CT molecular complexity index is 265. The predicted molar refractivity (Wildman–Crippen MR) is 61.2 cm³/mol. The van der Waals surface area contributed by atoms with E-state index in [9.17, 15) is 19.8 Å². The van der Waals surface area contributed by atoms with Gasteiger partial charge < -0.3 is 10.2 Å². The first-order valence-corrected chi connectivity index (χ1v) is 5.58. The molecule has 0 saturated heterocycles. The highest BCUT2D eigenvalue weighted by atomic mass is 16.4. The molecule has 4 heteroatoms. The zero-order chi connectivity index (χ0) is 13.1. The number of hydrogen-bond acceptors (Lipinski definition) is 2. The molecule has 0 aliphatic carbocycles. The Morgan fingerprint density at radius 3 is 1.75 bits per heavy atom. The Morgan fingerprint density at radius 1 is 1.12 bits per heavy atom. The van der Waals surface area contributed by atoms with Crippen molar-refractivity contribution in [2.24, 2.45) is 23.2 Å². The van der Waals surface area contributed by atoms with E-state index in [-0.39, 0.29) is 5.92 Å². The van der Waals surface area contributed by atoms with Crippen molar-refractivity contribution in [1.29, 1.82) is 0 Å². The summed E-state index contributed by atoms with van der Waals surface area (Å²) in [6.45, 7) is 8.97.